The maximum Gasteiger partial charge on any atom is 0.209 e. The lowest BCUT2D eigenvalue weighted by Gasteiger charge is -2.24. The highest BCUT2D eigenvalue weighted by atomic mass is 16.5. The van der Waals surface area contributed by atoms with Crippen LogP contribution < -0.4 is 10.1 Å². The zero-order chi connectivity index (χ0) is 18.6. The Bertz CT molecular complexity index is 749. The summed E-state index contributed by atoms with van der Waals surface area (Å²) in [4.78, 5) is 25.2. The molecule has 2 rings (SSSR count). The van der Waals surface area contributed by atoms with Gasteiger partial charge in [0.1, 0.15) is 5.75 Å². The number of nitrogens with one attached hydrogen (secondary N) is 1. The van der Waals surface area contributed by atoms with Crippen LogP contribution in [0.25, 0.3) is 0 Å². The van der Waals surface area contributed by atoms with Gasteiger partial charge in [-0.15, -0.1) is 0 Å². The van der Waals surface area contributed by atoms with Gasteiger partial charge in [0.2, 0.25) is 5.78 Å². The summed E-state index contributed by atoms with van der Waals surface area (Å²) in [5.41, 5.74) is 1.86. The number of aliphatic hydroxyl groups is 2. The summed E-state index contributed by atoms with van der Waals surface area (Å²) in [6.07, 6.45) is 4.59. The van der Waals surface area contributed by atoms with E-state index >= 15 is 0 Å². The molecule has 134 valence electrons. The number of hydrogen-bond donors (Lipinski definition) is 3. The molecule has 3 N–H and O–H groups in total. The van der Waals surface area contributed by atoms with Gasteiger partial charge in [0.15, 0.2) is 5.78 Å². The van der Waals surface area contributed by atoms with E-state index in [0.717, 1.165) is 0 Å². The normalized spacial score (nSPS) is 15.2. The first-order valence-electron chi connectivity index (χ1n) is 8.16. The monoisotopic (exact) mass is 345 g/mol. The van der Waals surface area contributed by atoms with E-state index in [2.05, 4.69) is 5.32 Å². The molecular formula is C19H23NO5. The summed E-state index contributed by atoms with van der Waals surface area (Å²) >= 11 is 0. The molecule has 0 spiro atoms. The van der Waals surface area contributed by atoms with Crippen LogP contribution in [0.3, 0.4) is 0 Å². The van der Waals surface area contributed by atoms with Crippen molar-refractivity contribution in [3.05, 3.63) is 52.2 Å². The van der Waals surface area contributed by atoms with Gasteiger partial charge in [0, 0.05) is 24.3 Å². The highest BCUT2D eigenvalue weighted by molar-refractivity contribution is 6.25. The molecule has 0 aromatic heterocycles. The Kier molecular flexibility index (Phi) is 6.12. The molecule has 0 amide bonds. The fourth-order valence-corrected chi connectivity index (χ4v) is 2.99. The number of ether oxygens (including phenoxy) is 1. The van der Waals surface area contributed by atoms with Gasteiger partial charge in [-0.3, -0.25) is 9.59 Å². The minimum absolute atomic E-state index is 0.0994. The standard InChI is InChI=1S/C19H23NO5/c1-4-14(22)16-11(7-5-6-8-21)9-12-17(19(16)25-3)15(23)10-13(20-2)18(12)24/h5-6,9-10,14,20-22H,4,7-8H2,1-3H3/b6-5+. The molecule has 0 bridgehead atoms. The van der Waals surface area contributed by atoms with Crippen molar-refractivity contribution < 1.29 is 24.5 Å². The van der Waals surface area contributed by atoms with Crippen LogP contribution in [-0.2, 0) is 6.42 Å². The second-order valence-electron chi connectivity index (χ2n) is 5.69. The molecule has 1 unspecified atom stereocenters. The van der Waals surface area contributed by atoms with E-state index in [1.165, 1.54) is 13.2 Å². The van der Waals surface area contributed by atoms with Gasteiger partial charge in [-0.25, -0.2) is 0 Å². The quantitative estimate of drug-likeness (QED) is 0.651. The molecule has 25 heavy (non-hydrogen) atoms. The van der Waals surface area contributed by atoms with Crippen LogP contribution >= 0.6 is 0 Å². The number of Topliss-reactive ketones (excluding diaryl/α,β-unsaturated/α-hetero) is 1. The van der Waals surface area contributed by atoms with Gasteiger partial charge in [0.05, 0.1) is 31.1 Å². The van der Waals surface area contributed by atoms with Crippen molar-refractivity contribution in [2.24, 2.45) is 0 Å². The van der Waals surface area contributed by atoms with Crippen LogP contribution in [0.5, 0.6) is 5.75 Å². The number of methoxy groups -OCH3 is 1. The van der Waals surface area contributed by atoms with Crippen LogP contribution in [0.1, 0.15) is 51.3 Å². The minimum Gasteiger partial charge on any atom is -0.496 e. The van der Waals surface area contributed by atoms with E-state index in [0.29, 0.717) is 24.0 Å². The molecule has 1 atom stereocenters. The van der Waals surface area contributed by atoms with Gasteiger partial charge in [-0.05, 0) is 24.5 Å². The number of benzene rings is 1. The summed E-state index contributed by atoms with van der Waals surface area (Å²) in [7, 11) is 3.00. The van der Waals surface area contributed by atoms with Gasteiger partial charge in [-0.1, -0.05) is 19.1 Å². The van der Waals surface area contributed by atoms with E-state index in [4.69, 9.17) is 9.84 Å². The highest BCUT2D eigenvalue weighted by Gasteiger charge is 2.32. The Morgan fingerprint density at radius 3 is 2.60 bits per heavy atom. The van der Waals surface area contributed by atoms with Crippen molar-refractivity contribution in [3.63, 3.8) is 0 Å². The number of ketones is 2. The Morgan fingerprint density at radius 1 is 1.32 bits per heavy atom. The maximum absolute atomic E-state index is 12.6. The maximum atomic E-state index is 12.6. The van der Waals surface area contributed by atoms with Crippen molar-refractivity contribution in [2.75, 3.05) is 20.8 Å². The Balaban J connectivity index is 2.74. The fourth-order valence-electron chi connectivity index (χ4n) is 2.99. The average Bonchev–Trinajstić information content (AvgIpc) is 2.62. The molecule has 0 fully saturated rings. The van der Waals surface area contributed by atoms with Crippen molar-refractivity contribution >= 4 is 11.6 Å². The number of carbonyl (C=O) groups is 2. The molecule has 0 saturated heterocycles. The molecule has 1 aromatic rings. The van der Waals surface area contributed by atoms with E-state index < -0.39 is 6.10 Å². The molecule has 1 aromatic carbocycles. The van der Waals surface area contributed by atoms with Crippen molar-refractivity contribution in [2.45, 2.75) is 25.9 Å². The van der Waals surface area contributed by atoms with Crippen molar-refractivity contribution in [1.29, 1.82) is 0 Å². The van der Waals surface area contributed by atoms with Crippen LogP contribution in [0.15, 0.2) is 30.0 Å². The second-order valence-corrected chi connectivity index (χ2v) is 5.69. The number of rotatable bonds is 7. The Labute approximate surface area is 146 Å². The molecule has 0 radical (unpaired) electrons. The smallest absolute Gasteiger partial charge is 0.209 e. The predicted molar refractivity (Wildman–Crippen MR) is 94.0 cm³/mol. The molecule has 0 aliphatic heterocycles. The summed E-state index contributed by atoms with van der Waals surface area (Å²) in [6.45, 7) is 1.72. The summed E-state index contributed by atoms with van der Waals surface area (Å²) < 4.78 is 5.45. The molecule has 1 aliphatic rings. The first kappa shape index (κ1) is 18.9. The van der Waals surface area contributed by atoms with Crippen LogP contribution in [0.4, 0.5) is 0 Å². The third-order valence-corrected chi connectivity index (χ3v) is 4.22. The first-order valence-corrected chi connectivity index (χ1v) is 8.16. The van der Waals surface area contributed by atoms with E-state index in [1.54, 1.807) is 25.3 Å². The number of hydrogen-bond acceptors (Lipinski definition) is 6. The molecule has 6 heteroatoms. The van der Waals surface area contributed by atoms with Crippen molar-refractivity contribution in [1.82, 2.24) is 5.32 Å². The van der Waals surface area contributed by atoms with Gasteiger partial charge in [0.25, 0.3) is 0 Å². The third-order valence-electron chi connectivity index (χ3n) is 4.22. The molecule has 0 saturated carbocycles. The van der Waals surface area contributed by atoms with E-state index in [-0.39, 0.29) is 40.7 Å². The zero-order valence-corrected chi connectivity index (χ0v) is 14.6. The zero-order valence-electron chi connectivity index (χ0n) is 14.6. The topological polar surface area (TPSA) is 95.9 Å². The van der Waals surface area contributed by atoms with Crippen LogP contribution in [0.2, 0.25) is 0 Å². The van der Waals surface area contributed by atoms with Gasteiger partial charge < -0.3 is 20.3 Å². The number of likely N-dealkylation sites (N-methyl/N-ethyl adjacent to an activating group) is 1. The number of fused-ring (bicyclic) bond motifs is 1. The fraction of sp³-hybridized carbons (Fsp3) is 0.368. The Morgan fingerprint density at radius 2 is 2.04 bits per heavy atom. The van der Waals surface area contributed by atoms with E-state index in [9.17, 15) is 14.7 Å². The third kappa shape index (κ3) is 3.50. The van der Waals surface area contributed by atoms with E-state index in [1.807, 2.05) is 6.92 Å². The molecule has 0 heterocycles. The van der Waals surface area contributed by atoms with Gasteiger partial charge >= 0.3 is 0 Å². The lowest BCUT2D eigenvalue weighted by molar-refractivity contribution is 0.0975. The molecular weight excluding hydrogens is 322 g/mol. The SMILES string of the molecule is CCC(O)c1c(C/C=C/CO)cc2c(c1OC)C(=O)C=C(NC)C2=O. The number of aliphatic hydroxyl groups excluding tert-OH is 2. The van der Waals surface area contributed by atoms with Crippen LogP contribution in [0, 0.1) is 0 Å². The molecule has 1 aliphatic carbocycles. The lowest BCUT2D eigenvalue weighted by Crippen LogP contribution is -2.26. The molecule has 6 nitrogen and oxygen atoms in total. The van der Waals surface area contributed by atoms with Crippen molar-refractivity contribution in [3.8, 4) is 5.75 Å². The lowest BCUT2D eigenvalue weighted by atomic mass is 9.84. The van der Waals surface area contributed by atoms with Crippen LogP contribution in [-0.4, -0.2) is 42.5 Å². The number of allylic oxidation sites excluding steroid dienone is 3. The number of carbonyl (C=O) groups excluding carboxylic acids is 2. The summed E-state index contributed by atoms with van der Waals surface area (Å²) in [6, 6.07) is 1.64. The summed E-state index contributed by atoms with van der Waals surface area (Å²) in [5.74, 6) is -0.387. The largest absolute Gasteiger partial charge is 0.496 e. The first-order chi connectivity index (χ1) is 12.0. The average molecular weight is 345 g/mol. The summed E-state index contributed by atoms with van der Waals surface area (Å²) in [5, 5.41) is 22.1. The highest BCUT2D eigenvalue weighted by Crippen LogP contribution is 2.39. The minimum atomic E-state index is -0.824. The van der Waals surface area contributed by atoms with Gasteiger partial charge in [-0.2, -0.15) is 0 Å². The second kappa shape index (κ2) is 8.09. The predicted octanol–water partition coefficient (Wildman–Crippen LogP) is 1.71. The Hall–Kier alpha value is -2.44.